The van der Waals surface area contributed by atoms with Crippen molar-refractivity contribution >= 4 is 17.2 Å². The standard InChI is InChI=1S/C11H17F3N4S/c1-6(2)4-5-8-9(10(15)19)16-17-18(8)7(3)11(12,13)14/h6-7H,4-5H2,1-3H3,(H2,15,19). The number of thiocarbonyl (C=S) groups is 1. The Hall–Kier alpha value is -1.18. The third-order valence-corrected chi connectivity index (χ3v) is 3.02. The second-order valence-electron chi connectivity index (χ2n) is 4.84. The Bertz CT molecular complexity index is 453. The fraction of sp³-hybridized carbons (Fsp3) is 0.727. The average Bonchev–Trinajstić information content (AvgIpc) is 2.67. The van der Waals surface area contributed by atoms with Crippen LogP contribution < -0.4 is 5.73 Å². The van der Waals surface area contributed by atoms with Crippen molar-refractivity contribution in [3.8, 4) is 0 Å². The molecule has 4 nitrogen and oxygen atoms in total. The second-order valence-corrected chi connectivity index (χ2v) is 5.28. The maximum Gasteiger partial charge on any atom is 0.410 e. The van der Waals surface area contributed by atoms with Gasteiger partial charge in [0.05, 0.1) is 5.69 Å². The number of nitrogens with zero attached hydrogens (tertiary/aromatic N) is 3. The minimum atomic E-state index is -4.38. The van der Waals surface area contributed by atoms with Gasteiger partial charge in [-0.15, -0.1) is 5.10 Å². The van der Waals surface area contributed by atoms with Gasteiger partial charge in [0.25, 0.3) is 0 Å². The van der Waals surface area contributed by atoms with E-state index in [1.807, 2.05) is 13.8 Å². The molecule has 0 aliphatic carbocycles. The van der Waals surface area contributed by atoms with E-state index in [1.165, 1.54) is 0 Å². The Morgan fingerprint density at radius 1 is 1.37 bits per heavy atom. The lowest BCUT2D eigenvalue weighted by Gasteiger charge is -2.18. The Kier molecular flexibility index (Phi) is 4.89. The lowest BCUT2D eigenvalue weighted by molar-refractivity contribution is -0.166. The Balaban J connectivity index is 3.14. The number of aromatic nitrogens is 3. The highest BCUT2D eigenvalue weighted by Crippen LogP contribution is 2.31. The monoisotopic (exact) mass is 294 g/mol. The van der Waals surface area contributed by atoms with E-state index < -0.39 is 12.2 Å². The van der Waals surface area contributed by atoms with Crippen LogP contribution in [0.4, 0.5) is 13.2 Å². The van der Waals surface area contributed by atoms with Crippen molar-refractivity contribution in [3.05, 3.63) is 11.4 Å². The van der Waals surface area contributed by atoms with Crippen LogP contribution in [0.5, 0.6) is 0 Å². The van der Waals surface area contributed by atoms with Crippen LogP contribution in [-0.2, 0) is 6.42 Å². The SMILES string of the molecule is CC(C)CCc1c(C(N)=S)nnn1C(C)C(F)(F)F. The number of hydrogen-bond acceptors (Lipinski definition) is 3. The van der Waals surface area contributed by atoms with E-state index in [0.29, 0.717) is 24.5 Å². The Morgan fingerprint density at radius 2 is 1.95 bits per heavy atom. The highest BCUT2D eigenvalue weighted by Gasteiger charge is 2.39. The van der Waals surface area contributed by atoms with E-state index in [2.05, 4.69) is 10.3 Å². The van der Waals surface area contributed by atoms with Gasteiger partial charge in [-0.2, -0.15) is 13.2 Å². The lowest BCUT2D eigenvalue weighted by Crippen LogP contribution is -2.27. The van der Waals surface area contributed by atoms with E-state index >= 15 is 0 Å². The Labute approximate surface area is 115 Å². The van der Waals surface area contributed by atoms with Crippen molar-refractivity contribution in [1.82, 2.24) is 15.0 Å². The molecule has 0 aliphatic rings. The zero-order valence-electron chi connectivity index (χ0n) is 11.0. The van der Waals surface area contributed by atoms with Crippen LogP contribution in [0.3, 0.4) is 0 Å². The predicted molar refractivity (Wildman–Crippen MR) is 69.8 cm³/mol. The minimum absolute atomic E-state index is 0.0284. The summed E-state index contributed by atoms with van der Waals surface area (Å²) in [6, 6.07) is -1.75. The maximum atomic E-state index is 12.8. The molecule has 1 aromatic rings. The number of rotatable bonds is 5. The first-order chi connectivity index (χ1) is 8.64. The number of nitrogens with two attached hydrogens (primary N) is 1. The second kappa shape index (κ2) is 5.85. The molecule has 1 aromatic heterocycles. The van der Waals surface area contributed by atoms with Gasteiger partial charge in [-0.3, -0.25) is 0 Å². The summed E-state index contributed by atoms with van der Waals surface area (Å²) < 4.78 is 39.2. The molecule has 0 amide bonds. The summed E-state index contributed by atoms with van der Waals surface area (Å²) in [7, 11) is 0. The number of alkyl halides is 3. The summed E-state index contributed by atoms with van der Waals surface area (Å²) in [5.74, 6) is 0.351. The first-order valence-corrected chi connectivity index (χ1v) is 6.36. The molecule has 1 unspecified atom stereocenters. The van der Waals surface area contributed by atoms with E-state index in [4.69, 9.17) is 18.0 Å². The first-order valence-electron chi connectivity index (χ1n) is 5.95. The molecule has 1 heterocycles. The molecule has 19 heavy (non-hydrogen) atoms. The van der Waals surface area contributed by atoms with Crippen LogP contribution in [-0.4, -0.2) is 26.2 Å². The van der Waals surface area contributed by atoms with Crippen molar-refractivity contribution < 1.29 is 13.2 Å². The molecule has 1 rings (SSSR count). The quantitative estimate of drug-likeness (QED) is 0.848. The zero-order valence-corrected chi connectivity index (χ0v) is 11.8. The van der Waals surface area contributed by atoms with Crippen molar-refractivity contribution in [1.29, 1.82) is 0 Å². The summed E-state index contributed by atoms with van der Waals surface area (Å²) in [6.07, 6.45) is -3.25. The van der Waals surface area contributed by atoms with Crippen molar-refractivity contribution in [2.75, 3.05) is 0 Å². The summed E-state index contributed by atoms with van der Waals surface area (Å²) in [5, 5.41) is 7.24. The van der Waals surface area contributed by atoms with Crippen LogP contribution in [0, 0.1) is 5.92 Å². The molecular formula is C11H17F3N4S. The van der Waals surface area contributed by atoms with Crippen LogP contribution in [0.1, 0.15) is 44.6 Å². The molecular weight excluding hydrogens is 277 g/mol. The van der Waals surface area contributed by atoms with Crippen LogP contribution in [0.15, 0.2) is 0 Å². The molecule has 2 N–H and O–H groups in total. The van der Waals surface area contributed by atoms with Crippen molar-refractivity contribution in [2.24, 2.45) is 11.7 Å². The molecule has 0 bridgehead atoms. The predicted octanol–water partition coefficient (Wildman–Crippen LogP) is 2.62. The van der Waals surface area contributed by atoms with Gasteiger partial charge in [0, 0.05) is 0 Å². The molecule has 0 aromatic carbocycles. The molecule has 8 heteroatoms. The molecule has 0 aliphatic heterocycles. The molecule has 108 valence electrons. The van der Waals surface area contributed by atoms with Gasteiger partial charge in [-0.05, 0) is 25.7 Å². The number of halogens is 3. The van der Waals surface area contributed by atoms with Gasteiger partial charge in [0.2, 0.25) is 0 Å². The summed E-state index contributed by atoms with van der Waals surface area (Å²) >= 11 is 4.80. The maximum absolute atomic E-state index is 12.8. The zero-order chi connectivity index (χ0) is 14.8. The van der Waals surface area contributed by atoms with Crippen molar-refractivity contribution in [2.45, 2.75) is 45.8 Å². The fourth-order valence-electron chi connectivity index (χ4n) is 1.61. The van der Waals surface area contributed by atoms with Gasteiger partial charge in [-0.1, -0.05) is 31.3 Å². The fourth-order valence-corrected chi connectivity index (χ4v) is 1.77. The lowest BCUT2D eigenvalue weighted by atomic mass is 10.0. The molecule has 0 saturated heterocycles. The van der Waals surface area contributed by atoms with E-state index in [9.17, 15) is 13.2 Å². The van der Waals surface area contributed by atoms with Crippen molar-refractivity contribution in [3.63, 3.8) is 0 Å². The summed E-state index contributed by atoms with van der Waals surface area (Å²) in [4.78, 5) is -0.0284. The molecule has 0 fully saturated rings. The van der Waals surface area contributed by atoms with E-state index in [-0.39, 0.29) is 10.7 Å². The van der Waals surface area contributed by atoms with E-state index in [1.54, 1.807) is 0 Å². The molecule has 0 radical (unpaired) electrons. The van der Waals surface area contributed by atoms with Gasteiger partial charge in [0.15, 0.2) is 0 Å². The number of hydrogen-bond donors (Lipinski definition) is 1. The molecule has 1 atom stereocenters. The van der Waals surface area contributed by atoms with Gasteiger partial charge in [-0.25, -0.2) is 4.68 Å². The average molecular weight is 294 g/mol. The van der Waals surface area contributed by atoms with Crippen LogP contribution in [0.2, 0.25) is 0 Å². The normalized spacial score (nSPS) is 13.8. The highest BCUT2D eigenvalue weighted by molar-refractivity contribution is 7.80. The van der Waals surface area contributed by atoms with Gasteiger partial charge < -0.3 is 5.73 Å². The highest BCUT2D eigenvalue weighted by atomic mass is 32.1. The molecule has 0 spiro atoms. The molecule has 0 saturated carbocycles. The smallest absolute Gasteiger partial charge is 0.388 e. The first kappa shape index (κ1) is 15.9. The van der Waals surface area contributed by atoms with Gasteiger partial charge in [0.1, 0.15) is 16.7 Å². The largest absolute Gasteiger partial charge is 0.410 e. The minimum Gasteiger partial charge on any atom is -0.388 e. The summed E-state index contributed by atoms with van der Waals surface area (Å²) in [6.45, 7) is 5.01. The van der Waals surface area contributed by atoms with E-state index in [0.717, 1.165) is 11.6 Å². The van der Waals surface area contributed by atoms with Gasteiger partial charge >= 0.3 is 6.18 Å². The Morgan fingerprint density at radius 3 is 2.37 bits per heavy atom. The third kappa shape index (κ3) is 3.89. The van der Waals surface area contributed by atoms with Crippen LogP contribution >= 0.6 is 12.2 Å². The third-order valence-electron chi connectivity index (χ3n) is 2.82. The van der Waals surface area contributed by atoms with Crippen LogP contribution in [0.25, 0.3) is 0 Å². The summed E-state index contributed by atoms with van der Waals surface area (Å²) in [5.41, 5.74) is 6.02. The topological polar surface area (TPSA) is 56.7 Å².